The van der Waals surface area contributed by atoms with E-state index >= 15 is 0 Å². The van der Waals surface area contributed by atoms with E-state index in [-0.39, 0.29) is 17.9 Å². The van der Waals surface area contributed by atoms with Crippen molar-refractivity contribution in [2.45, 2.75) is 39.7 Å². The van der Waals surface area contributed by atoms with Crippen molar-refractivity contribution in [3.63, 3.8) is 0 Å². The normalized spacial score (nSPS) is 18.4. The Bertz CT molecular complexity index is 548. The molecule has 1 saturated heterocycles. The lowest BCUT2D eigenvalue weighted by Crippen LogP contribution is -2.36. The molecule has 1 aliphatic heterocycles. The second-order valence-electron chi connectivity index (χ2n) is 6.72. The summed E-state index contributed by atoms with van der Waals surface area (Å²) >= 11 is 1.46. The first kappa shape index (κ1) is 16.8. The van der Waals surface area contributed by atoms with Crippen LogP contribution in [0.4, 0.5) is 4.79 Å². The van der Waals surface area contributed by atoms with Crippen LogP contribution >= 0.6 is 11.3 Å². The van der Waals surface area contributed by atoms with E-state index in [0.29, 0.717) is 19.6 Å². The van der Waals surface area contributed by atoms with Gasteiger partial charge in [0.25, 0.3) is 5.91 Å². The molecule has 0 unspecified atom stereocenters. The minimum absolute atomic E-state index is 0.0248. The van der Waals surface area contributed by atoms with Gasteiger partial charge in [-0.1, -0.05) is 0 Å². The Hall–Kier alpha value is -1.56. The van der Waals surface area contributed by atoms with Gasteiger partial charge < -0.3 is 15.0 Å². The van der Waals surface area contributed by atoms with E-state index in [0.717, 1.165) is 16.9 Å². The number of hydrogen-bond donors (Lipinski definition) is 1. The molecule has 6 heteroatoms. The second kappa shape index (κ2) is 6.69. The molecule has 1 aliphatic rings. The maximum atomic E-state index is 12.1. The molecule has 122 valence electrons. The average molecular weight is 324 g/mol. The van der Waals surface area contributed by atoms with E-state index in [1.54, 1.807) is 4.90 Å². The summed E-state index contributed by atoms with van der Waals surface area (Å²) in [5, 5.41) is 4.89. The number of likely N-dealkylation sites (tertiary alicyclic amines) is 1. The molecule has 5 nitrogen and oxygen atoms in total. The van der Waals surface area contributed by atoms with Crippen LogP contribution in [0.1, 0.15) is 42.4 Å². The van der Waals surface area contributed by atoms with Gasteiger partial charge in [-0.2, -0.15) is 0 Å². The first-order valence-corrected chi connectivity index (χ1v) is 8.44. The molecule has 2 rings (SSSR count). The lowest BCUT2D eigenvalue weighted by Gasteiger charge is -2.24. The predicted octanol–water partition coefficient (Wildman–Crippen LogP) is 3.04. The number of nitrogens with zero attached hydrogens (tertiary/aromatic N) is 1. The average Bonchev–Trinajstić information content (AvgIpc) is 3.02. The van der Waals surface area contributed by atoms with E-state index in [9.17, 15) is 9.59 Å². The monoisotopic (exact) mass is 324 g/mol. The van der Waals surface area contributed by atoms with Gasteiger partial charge in [0.2, 0.25) is 0 Å². The highest BCUT2D eigenvalue weighted by molar-refractivity contribution is 7.12. The van der Waals surface area contributed by atoms with Crippen LogP contribution in [0.25, 0.3) is 0 Å². The zero-order valence-corrected chi connectivity index (χ0v) is 14.5. The zero-order valence-electron chi connectivity index (χ0n) is 13.6. The molecular formula is C16H24N2O3S. The smallest absolute Gasteiger partial charge is 0.410 e. The van der Waals surface area contributed by atoms with Crippen molar-refractivity contribution in [3.8, 4) is 0 Å². The SMILES string of the molecule is Cc1ccsc1C(=O)NC[C@H]1CCN(C(=O)OC(C)(C)C)C1. The molecule has 1 aromatic rings. The molecule has 0 radical (unpaired) electrons. The largest absolute Gasteiger partial charge is 0.444 e. The number of carbonyl (C=O) groups excluding carboxylic acids is 2. The third kappa shape index (κ3) is 4.47. The second-order valence-corrected chi connectivity index (χ2v) is 7.64. The van der Waals surface area contributed by atoms with Crippen LogP contribution < -0.4 is 5.32 Å². The zero-order chi connectivity index (χ0) is 16.3. The van der Waals surface area contributed by atoms with E-state index in [1.165, 1.54) is 11.3 Å². The summed E-state index contributed by atoms with van der Waals surface area (Å²) < 4.78 is 5.37. The van der Waals surface area contributed by atoms with Gasteiger partial charge in [0, 0.05) is 19.6 Å². The molecule has 0 bridgehead atoms. The standard InChI is InChI=1S/C16H24N2O3S/c1-11-6-8-22-13(11)14(19)17-9-12-5-7-18(10-12)15(20)21-16(2,3)4/h6,8,12H,5,7,9-10H2,1-4H3,(H,17,19)/t12-/m1/s1. The van der Waals surface area contributed by atoms with Gasteiger partial charge in [-0.05, 0) is 57.0 Å². The number of ether oxygens (including phenoxy) is 1. The first-order valence-electron chi connectivity index (χ1n) is 7.56. The molecule has 1 N–H and O–H groups in total. The number of carbonyl (C=O) groups is 2. The fourth-order valence-electron chi connectivity index (χ4n) is 2.41. The number of nitrogens with one attached hydrogen (secondary N) is 1. The lowest BCUT2D eigenvalue weighted by atomic mass is 10.1. The van der Waals surface area contributed by atoms with Gasteiger partial charge in [-0.25, -0.2) is 4.79 Å². The maximum Gasteiger partial charge on any atom is 0.410 e. The summed E-state index contributed by atoms with van der Waals surface area (Å²) in [6.07, 6.45) is 0.624. The van der Waals surface area contributed by atoms with E-state index in [4.69, 9.17) is 4.74 Å². The minimum atomic E-state index is -0.472. The van der Waals surface area contributed by atoms with Crippen molar-refractivity contribution in [2.24, 2.45) is 5.92 Å². The van der Waals surface area contributed by atoms with Crippen LogP contribution in [0.2, 0.25) is 0 Å². The number of amides is 2. The number of thiophene rings is 1. The highest BCUT2D eigenvalue weighted by Gasteiger charge is 2.30. The highest BCUT2D eigenvalue weighted by atomic mass is 32.1. The third-order valence-electron chi connectivity index (χ3n) is 3.56. The molecule has 0 aliphatic carbocycles. The van der Waals surface area contributed by atoms with Crippen LogP contribution in [0.3, 0.4) is 0 Å². The van der Waals surface area contributed by atoms with Crippen molar-refractivity contribution < 1.29 is 14.3 Å². The summed E-state index contributed by atoms with van der Waals surface area (Å²) in [5.74, 6) is 0.264. The summed E-state index contributed by atoms with van der Waals surface area (Å²) in [5.41, 5.74) is 0.532. The predicted molar refractivity (Wildman–Crippen MR) is 87.3 cm³/mol. The van der Waals surface area contributed by atoms with Gasteiger partial charge in [-0.15, -0.1) is 11.3 Å². The Labute approximate surface area is 135 Å². The van der Waals surface area contributed by atoms with Crippen LogP contribution in [-0.4, -0.2) is 42.1 Å². The number of aryl methyl sites for hydroxylation is 1. The third-order valence-corrected chi connectivity index (χ3v) is 4.57. The van der Waals surface area contributed by atoms with E-state index in [2.05, 4.69) is 5.32 Å². The maximum absolute atomic E-state index is 12.1. The van der Waals surface area contributed by atoms with Crippen LogP contribution in [0.15, 0.2) is 11.4 Å². The molecular weight excluding hydrogens is 300 g/mol. The van der Waals surface area contributed by atoms with Crippen molar-refractivity contribution in [3.05, 3.63) is 21.9 Å². The summed E-state index contributed by atoms with van der Waals surface area (Å²) in [7, 11) is 0. The Kier molecular flexibility index (Phi) is 5.11. The summed E-state index contributed by atoms with van der Waals surface area (Å²) in [6, 6.07) is 1.94. The quantitative estimate of drug-likeness (QED) is 0.929. The van der Waals surface area contributed by atoms with Gasteiger partial charge in [0.05, 0.1) is 4.88 Å². The Balaban J connectivity index is 1.78. The molecule has 1 fully saturated rings. The van der Waals surface area contributed by atoms with E-state index < -0.39 is 5.60 Å². The van der Waals surface area contributed by atoms with Gasteiger partial charge in [-0.3, -0.25) is 4.79 Å². The summed E-state index contributed by atoms with van der Waals surface area (Å²) in [6.45, 7) is 9.44. The fraction of sp³-hybridized carbons (Fsp3) is 0.625. The highest BCUT2D eigenvalue weighted by Crippen LogP contribution is 2.20. The Morgan fingerprint density at radius 2 is 2.18 bits per heavy atom. The van der Waals surface area contributed by atoms with Crippen LogP contribution in [-0.2, 0) is 4.74 Å². The molecule has 2 amide bonds. The van der Waals surface area contributed by atoms with Crippen LogP contribution in [0, 0.1) is 12.8 Å². The molecule has 1 aromatic heterocycles. The van der Waals surface area contributed by atoms with Crippen molar-refractivity contribution in [1.82, 2.24) is 10.2 Å². The molecule has 22 heavy (non-hydrogen) atoms. The van der Waals surface area contributed by atoms with Crippen molar-refractivity contribution >= 4 is 23.3 Å². The molecule has 1 atom stereocenters. The summed E-state index contributed by atoms with van der Waals surface area (Å²) in [4.78, 5) is 26.6. The number of rotatable bonds is 3. The number of hydrogen-bond acceptors (Lipinski definition) is 4. The van der Waals surface area contributed by atoms with Gasteiger partial charge >= 0.3 is 6.09 Å². The van der Waals surface area contributed by atoms with Gasteiger partial charge in [0.1, 0.15) is 5.60 Å². The van der Waals surface area contributed by atoms with Crippen LogP contribution in [0.5, 0.6) is 0 Å². The Morgan fingerprint density at radius 1 is 1.45 bits per heavy atom. The molecule has 0 spiro atoms. The molecule has 2 heterocycles. The molecule has 0 saturated carbocycles. The van der Waals surface area contributed by atoms with E-state index in [1.807, 2.05) is 39.1 Å². The molecule has 0 aromatic carbocycles. The Morgan fingerprint density at radius 3 is 2.77 bits per heavy atom. The first-order chi connectivity index (χ1) is 10.3. The fourth-order valence-corrected chi connectivity index (χ4v) is 3.26. The van der Waals surface area contributed by atoms with Crippen molar-refractivity contribution in [2.75, 3.05) is 19.6 Å². The topological polar surface area (TPSA) is 58.6 Å². The van der Waals surface area contributed by atoms with Crippen molar-refractivity contribution in [1.29, 1.82) is 0 Å². The lowest BCUT2D eigenvalue weighted by molar-refractivity contribution is 0.0288. The van der Waals surface area contributed by atoms with Gasteiger partial charge in [0.15, 0.2) is 0 Å². The minimum Gasteiger partial charge on any atom is -0.444 e.